The molecule has 24 heavy (non-hydrogen) atoms. The molecule has 118 valence electrons. The third kappa shape index (κ3) is 2.77. The van der Waals surface area contributed by atoms with Crippen LogP contribution in [0.3, 0.4) is 0 Å². The maximum atomic E-state index is 5.98. The number of fused-ring (bicyclic) bond motifs is 1. The number of nitrogens with one attached hydrogen (secondary N) is 2. The van der Waals surface area contributed by atoms with Crippen molar-refractivity contribution in [3.8, 4) is 11.3 Å². The molecule has 6 nitrogen and oxygen atoms in total. The Labute approximate surface area is 138 Å². The van der Waals surface area contributed by atoms with E-state index in [2.05, 4.69) is 25.5 Å². The Morgan fingerprint density at radius 2 is 1.88 bits per heavy atom. The number of nitrogens with two attached hydrogens (primary N) is 1. The van der Waals surface area contributed by atoms with Gasteiger partial charge in [0, 0.05) is 47.8 Å². The molecule has 0 unspecified atom stereocenters. The molecule has 4 rings (SSSR count). The van der Waals surface area contributed by atoms with Crippen molar-refractivity contribution < 1.29 is 0 Å². The Balaban J connectivity index is 1.70. The van der Waals surface area contributed by atoms with Crippen LogP contribution in [0.4, 0.5) is 11.5 Å². The highest BCUT2D eigenvalue weighted by Gasteiger charge is 2.07. The van der Waals surface area contributed by atoms with Crippen molar-refractivity contribution in [1.29, 1.82) is 0 Å². The van der Waals surface area contributed by atoms with Gasteiger partial charge < -0.3 is 11.1 Å². The van der Waals surface area contributed by atoms with Gasteiger partial charge in [-0.05, 0) is 29.8 Å². The van der Waals surface area contributed by atoms with Crippen LogP contribution in [0.15, 0.2) is 61.1 Å². The SMILES string of the molecule is Nc1cc(NCc2ccncc2)c2ccc(-c3ccn[nH]3)cc2n1. The van der Waals surface area contributed by atoms with Crippen LogP contribution in [0.1, 0.15) is 5.56 Å². The van der Waals surface area contributed by atoms with E-state index in [1.165, 1.54) is 0 Å². The molecule has 0 aliphatic heterocycles. The minimum atomic E-state index is 0.487. The topological polar surface area (TPSA) is 92.5 Å². The molecule has 4 aromatic rings. The maximum absolute atomic E-state index is 5.98. The molecule has 3 heterocycles. The van der Waals surface area contributed by atoms with Crippen molar-refractivity contribution in [2.24, 2.45) is 0 Å². The smallest absolute Gasteiger partial charge is 0.126 e. The van der Waals surface area contributed by atoms with Gasteiger partial charge in [0.15, 0.2) is 0 Å². The van der Waals surface area contributed by atoms with Crippen LogP contribution in [0, 0.1) is 0 Å². The first kappa shape index (κ1) is 14.2. The van der Waals surface area contributed by atoms with Crippen LogP contribution in [0.2, 0.25) is 0 Å². The zero-order chi connectivity index (χ0) is 16.4. The molecule has 3 aromatic heterocycles. The lowest BCUT2D eigenvalue weighted by Gasteiger charge is -2.11. The molecular weight excluding hydrogens is 300 g/mol. The Hall–Kier alpha value is -3.41. The van der Waals surface area contributed by atoms with Crippen LogP contribution < -0.4 is 11.1 Å². The molecule has 4 N–H and O–H groups in total. The predicted molar refractivity (Wildman–Crippen MR) is 95.3 cm³/mol. The second-order valence-corrected chi connectivity index (χ2v) is 5.51. The van der Waals surface area contributed by atoms with Crippen molar-refractivity contribution in [2.75, 3.05) is 11.1 Å². The number of hydrogen-bond donors (Lipinski definition) is 3. The first-order chi connectivity index (χ1) is 11.8. The maximum Gasteiger partial charge on any atom is 0.126 e. The van der Waals surface area contributed by atoms with Gasteiger partial charge in [0.2, 0.25) is 0 Å². The number of benzene rings is 1. The molecule has 0 bridgehead atoms. The van der Waals surface area contributed by atoms with E-state index in [9.17, 15) is 0 Å². The second kappa shape index (κ2) is 6.00. The highest BCUT2D eigenvalue weighted by atomic mass is 15.1. The minimum Gasteiger partial charge on any atom is -0.384 e. The third-order valence-corrected chi connectivity index (χ3v) is 3.87. The molecule has 1 aromatic carbocycles. The van der Waals surface area contributed by atoms with E-state index in [0.29, 0.717) is 12.4 Å². The monoisotopic (exact) mass is 316 g/mol. The van der Waals surface area contributed by atoms with Gasteiger partial charge in [-0.3, -0.25) is 10.1 Å². The number of rotatable bonds is 4. The van der Waals surface area contributed by atoms with Gasteiger partial charge >= 0.3 is 0 Å². The summed E-state index contributed by atoms with van der Waals surface area (Å²) in [5.74, 6) is 0.487. The van der Waals surface area contributed by atoms with E-state index in [-0.39, 0.29) is 0 Å². The lowest BCUT2D eigenvalue weighted by molar-refractivity contribution is 1.10. The predicted octanol–water partition coefficient (Wildman–Crippen LogP) is 3.21. The van der Waals surface area contributed by atoms with Gasteiger partial charge in [0.1, 0.15) is 5.82 Å². The number of aromatic nitrogens is 4. The summed E-state index contributed by atoms with van der Waals surface area (Å²) in [6.07, 6.45) is 5.30. The molecule has 0 saturated carbocycles. The Morgan fingerprint density at radius 1 is 1.00 bits per heavy atom. The largest absolute Gasteiger partial charge is 0.384 e. The van der Waals surface area contributed by atoms with Gasteiger partial charge in [0.25, 0.3) is 0 Å². The quantitative estimate of drug-likeness (QED) is 0.537. The molecule has 0 aliphatic carbocycles. The summed E-state index contributed by atoms with van der Waals surface area (Å²) in [5.41, 5.74) is 10.9. The Kier molecular flexibility index (Phi) is 3.55. The number of aromatic amines is 1. The summed E-state index contributed by atoms with van der Waals surface area (Å²) in [4.78, 5) is 8.49. The molecule has 0 fully saturated rings. The van der Waals surface area contributed by atoms with Crippen LogP contribution in [-0.4, -0.2) is 20.2 Å². The fraction of sp³-hybridized carbons (Fsp3) is 0.0556. The molecule has 0 amide bonds. The van der Waals surface area contributed by atoms with Crippen LogP contribution in [0.25, 0.3) is 22.2 Å². The molecule has 0 saturated heterocycles. The van der Waals surface area contributed by atoms with Crippen LogP contribution in [0.5, 0.6) is 0 Å². The highest BCUT2D eigenvalue weighted by Crippen LogP contribution is 2.28. The van der Waals surface area contributed by atoms with Gasteiger partial charge in [-0.15, -0.1) is 0 Å². The van der Waals surface area contributed by atoms with Gasteiger partial charge in [-0.25, -0.2) is 4.98 Å². The normalized spacial score (nSPS) is 10.8. The minimum absolute atomic E-state index is 0.487. The van der Waals surface area contributed by atoms with Crippen molar-refractivity contribution in [2.45, 2.75) is 6.54 Å². The number of nitrogens with zero attached hydrogens (tertiary/aromatic N) is 3. The summed E-state index contributed by atoms with van der Waals surface area (Å²) in [6, 6.07) is 13.9. The molecule has 6 heteroatoms. The molecule has 0 aliphatic rings. The molecule has 0 spiro atoms. The van der Waals surface area contributed by atoms with E-state index < -0.39 is 0 Å². The Morgan fingerprint density at radius 3 is 2.67 bits per heavy atom. The van der Waals surface area contributed by atoms with E-state index in [1.54, 1.807) is 18.6 Å². The number of hydrogen-bond acceptors (Lipinski definition) is 5. The second-order valence-electron chi connectivity index (χ2n) is 5.51. The van der Waals surface area contributed by atoms with Crippen molar-refractivity contribution in [1.82, 2.24) is 20.2 Å². The summed E-state index contributed by atoms with van der Waals surface area (Å²) in [5, 5.41) is 11.4. The molecule has 0 atom stereocenters. The van der Waals surface area contributed by atoms with E-state index in [4.69, 9.17) is 5.73 Å². The summed E-state index contributed by atoms with van der Waals surface area (Å²) < 4.78 is 0. The van der Waals surface area contributed by atoms with E-state index >= 15 is 0 Å². The number of nitrogen functional groups attached to an aromatic ring is 1. The third-order valence-electron chi connectivity index (χ3n) is 3.87. The standard InChI is InChI=1S/C18H16N6/c19-18-10-16(21-11-12-3-6-20-7-4-12)14-2-1-13(9-17(14)23-18)15-5-8-22-24-15/h1-10H,11H2,(H,22,24)(H3,19,21,23). The number of anilines is 2. The summed E-state index contributed by atoms with van der Waals surface area (Å²) in [7, 11) is 0. The average Bonchev–Trinajstić information content (AvgIpc) is 3.14. The lowest BCUT2D eigenvalue weighted by atomic mass is 10.1. The zero-order valence-corrected chi connectivity index (χ0v) is 12.9. The average molecular weight is 316 g/mol. The first-order valence-corrected chi connectivity index (χ1v) is 7.62. The fourth-order valence-electron chi connectivity index (χ4n) is 2.68. The van der Waals surface area contributed by atoms with Crippen molar-refractivity contribution >= 4 is 22.4 Å². The van der Waals surface area contributed by atoms with Crippen LogP contribution >= 0.6 is 0 Å². The molecule has 0 radical (unpaired) electrons. The van der Waals surface area contributed by atoms with Crippen molar-refractivity contribution in [3.05, 3.63) is 66.6 Å². The first-order valence-electron chi connectivity index (χ1n) is 7.62. The number of H-pyrrole nitrogens is 1. The lowest BCUT2D eigenvalue weighted by Crippen LogP contribution is -2.02. The Bertz CT molecular complexity index is 964. The fourth-order valence-corrected chi connectivity index (χ4v) is 2.68. The number of pyridine rings is 2. The summed E-state index contributed by atoms with van der Waals surface area (Å²) >= 11 is 0. The van der Waals surface area contributed by atoms with Crippen molar-refractivity contribution in [3.63, 3.8) is 0 Å². The molecular formula is C18H16N6. The van der Waals surface area contributed by atoms with Gasteiger partial charge in [-0.1, -0.05) is 12.1 Å². The summed E-state index contributed by atoms with van der Waals surface area (Å²) in [6.45, 7) is 0.698. The van der Waals surface area contributed by atoms with E-state index in [0.717, 1.165) is 33.4 Å². The highest BCUT2D eigenvalue weighted by molar-refractivity contribution is 5.95. The van der Waals surface area contributed by atoms with E-state index in [1.807, 2.05) is 42.5 Å². The van der Waals surface area contributed by atoms with Crippen LogP contribution in [-0.2, 0) is 6.54 Å². The van der Waals surface area contributed by atoms with Gasteiger partial charge in [-0.2, -0.15) is 5.10 Å². The van der Waals surface area contributed by atoms with Gasteiger partial charge in [0.05, 0.1) is 11.2 Å². The zero-order valence-electron chi connectivity index (χ0n) is 12.9.